The van der Waals surface area contributed by atoms with Gasteiger partial charge in [-0.3, -0.25) is 4.79 Å². The molecule has 0 aromatic carbocycles. The van der Waals surface area contributed by atoms with Crippen molar-refractivity contribution in [3.63, 3.8) is 0 Å². The molecule has 11 heavy (non-hydrogen) atoms. The van der Waals surface area contributed by atoms with Gasteiger partial charge >= 0.3 is 0 Å². The Bertz CT molecular complexity index is 121. The number of rotatable bonds is 5. The van der Waals surface area contributed by atoms with Gasteiger partial charge < -0.3 is 0 Å². The molecule has 1 rings (SSSR count). The van der Waals surface area contributed by atoms with Gasteiger partial charge in [0.15, 0.2) is 0 Å². The fourth-order valence-electron chi connectivity index (χ4n) is 1.65. The molecule has 0 aromatic heterocycles. The summed E-state index contributed by atoms with van der Waals surface area (Å²) < 4.78 is 0. The van der Waals surface area contributed by atoms with E-state index in [9.17, 15) is 4.79 Å². The van der Waals surface area contributed by atoms with Crippen LogP contribution in [0.3, 0.4) is 0 Å². The molecule has 1 nitrogen and oxygen atoms in total. The summed E-state index contributed by atoms with van der Waals surface area (Å²) >= 11 is 0. The minimum atomic E-state index is 0.477. The topological polar surface area (TPSA) is 17.1 Å². The number of unbranched alkanes of at least 4 members (excludes halogenated alkanes) is 3. The van der Waals surface area contributed by atoms with E-state index in [0.29, 0.717) is 5.78 Å². The first-order chi connectivity index (χ1) is 5.33. The summed E-state index contributed by atoms with van der Waals surface area (Å²) in [6.45, 7) is 2.23. The van der Waals surface area contributed by atoms with Crippen molar-refractivity contribution in [3.05, 3.63) is 0 Å². The molecule has 0 unspecified atom stereocenters. The number of Topliss-reactive ketones (excluding diaryl/α,β-unsaturated/α-hetero) is 1. The van der Waals surface area contributed by atoms with Crippen molar-refractivity contribution in [1.29, 1.82) is 0 Å². The first-order valence-corrected chi connectivity index (χ1v) is 4.84. The number of hydrogen-bond acceptors (Lipinski definition) is 1. The molecule has 0 atom stereocenters. The Morgan fingerprint density at radius 2 is 2.00 bits per heavy atom. The highest BCUT2D eigenvalue weighted by Gasteiger charge is 2.25. The van der Waals surface area contributed by atoms with E-state index in [1.54, 1.807) is 0 Å². The highest BCUT2D eigenvalue weighted by molar-refractivity contribution is 5.84. The molecule has 1 fully saturated rings. The van der Waals surface area contributed by atoms with E-state index in [-0.39, 0.29) is 0 Å². The number of carbonyl (C=O) groups excluding carboxylic acids is 1. The molecule has 1 heteroatoms. The molecule has 0 N–H and O–H groups in total. The quantitative estimate of drug-likeness (QED) is 0.556. The van der Waals surface area contributed by atoms with Crippen LogP contribution in [0.4, 0.5) is 0 Å². The van der Waals surface area contributed by atoms with Crippen LogP contribution in [0.25, 0.3) is 0 Å². The van der Waals surface area contributed by atoms with Crippen LogP contribution < -0.4 is 0 Å². The van der Waals surface area contributed by atoms with E-state index in [2.05, 4.69) is 6.92 Å². The minimum absolute atomic E-state index is 0.477. The number of carbonyl (C=O) groups is 1. The monoisotopic (exact) mass is 154 g/mol. The van der Waals surface area contributed by atoms with Gasteiger partial charge in [-0.25, -0.2) is 0 Å². The smallest absolute Gasteiger partial charge is 0.133 e. The second kappa shape index (κ2) is 4.53. The predicted molar refractivity (Wildman–Crippen MR) is 46.5 cm³/mol. The molecule has 64 valence electrons. The first-order valence-electron chi connectivity index (χ1n) is 4.84. The zero-order chi connectivity index (χ0) is 8.10. The van der Waals surface area contributed by atoms with E-state index < -0.39 is 0 Å². The van der Waals surface area contributed by atoms with Crippen LogP contribution in [0, 0.1) is 5.92 Å². The van der Waals surface area contributed by atoms with Crippen molar-refractivity contribution >= 4 is 5.78 Å². The van der Waals surface area contributed by atoms with Gasteiger partial charge in [0.05, 0.1) is 0 Å². The minimum Gasteiger partial charge on any atom is -0.300 e. The third kappa shape index (κ3) is 3.04. The van der Waals surface area contributed by atoms with Crippen LogP contribution >= 0.6 is 0 Å². The highest BCUT2D eigenvalue weighted by Crippen LogP contribution is 2.27. The van der Waals surface area contributed by atoms with E-state index in [0.717, 1.165) is 18.8 Å². The standard InChI is InChI=1S/C10H18O/c1-2-3-4-5-6-9-7-10(11)8-9/h9H,2-8H2,1H3. The number of ketones is 1. The van der Waals surface area contributed by atoms with Crippen molar-refractivity contribution in [2.45, 2.75) is 51.9 Å². The largest absolute Gasteiger partial charge is 0.300 e. The van der Waals surface area contributed by atoms with Crippen molar-refractivity contribution in [2.24, 2.45) is 5.92 Å². The summed E-state index contributed by atoms with van der Waals surface area (Å²) in [5.41, 5.74) is 0. The van der Waals surface area contributed by atoms with Gasteiger partial charge in [0.25, 0.3) is 0 Å². The van der Waals surface area contributed by atoms with E-state index in [1.807, 2.05) is 0 Å². The molecular formula is C10H18O. The van der Waals surface area contributed by atoms with Crippen LogP contribution in [0.1, 0.15) is 51.9 Å². The lowest BCUT2D eigenvalue weighted by molar-refractivity contribution is -0.127. The molecule has 0 bridgehead atoms. The second-order valence-electron chi connectivity index (χ2n) is 3.66. The second-order valence-corrected chi connectivity index (χ2v) is 3.66. The van der Waals surface area contributed by atoms with Crippen molar-refractivity contribution in [3.8, 4) is 0 Å². The predicted octanol–water partition coefficient (Wildman–Crippen LogP) is 2.94. The summed E-state index contributed by atoms with van der Waals surface area (Å²) in [4.78, 5) is 10.6. The molecule has 0 radical (unpaired) electrons. The van der Waals surface area contributed by atoms with Crippen LogP contribution in [-0.2, 0) is 4.79 Å². The molecule has 1 aliphatic carbocycles. The average molecular weight is 154 g/mol. The Morgan fingerprint density at radius 3 is 2.55 bits per heavy atom. The third-order valence-corrected chi connectivity index (χ3v) is 2.50. The molecule has 1 saturated carbocycles. The molecule has 1 aliphatic rings. The van der Waals surface area contributed by atoms with Crippen LogP contribution in [0.2, 0.25) is 0 Å². The highest BCUT2D eigenvalue weighted by atomic mass is 16.1. The Morgan fingerprint density at radius 1 is 1.27 bits per heavy atom. The van der Waals surface area contributed by atoms with Crippen molar-refractivity contribution in [2.75, 3.05) is 0 Å². The van der Waals surface area contributed by atoms with Gasteiger partial charge in [-0.15, -0.1) is 0 Å². The van der Waals surface area contributed by atoms with Gasteiger partial charge in [-0.2, -0.15) is 0 Å². The zero-order valence-corrected chi connectivity index (χ0v) is 7.44. The average Bonchev–Trinajstić information content (AvgIpc) is 1.94. The molecule has 0 aromatic rings. The van der Waals surface area contributed by atoms with Gasteiger partial charge in [0, 0.05) is 12.8 Å². The summed E-state index contributed by atoms with van der Waals surface area (Å²) in [5, 5.41) is 0. The lowest BCUT2D eigenvalue weighted by atomic mass is 9.80. The maximum atomic E-state index is 10.6. The Labute approximate surface area is 69.2 Å². The lowest BCUT2D eigenvalue weighted by Gasteiger charge is -2.23. The van der Waals surface area contributed by atoms with Crippen LogP contribution in [0.15, 0.2) is 0 Å². The SMILES string of the molecule is CCCCCCC1CC(=O)C1. The van der Waals surface area contributed by atoms with E-state index in [4.69, 9.17) is 0 Å². The third-order valence-electron chi connectivity index (χ3n) is 2.50. The first kappa shape index (κ1) is 8.76. The Kier molecular flexibility index (Phi) is 3.61. The molecular weight excluding hydrogens is 136 g/mol. The van der Waals surface area contributed by atoms with Gasteiger partial charge in [-0.1, -0.05) is 32.6 Å². The van der Waals surface area contributed by atoms with Gasteiger partial charge in [0.1, 0.15) is 5.78 Å². The van der Waals surface area contributed by atoms with E-state index >= 15 is 0 Å². The zero-order valence-electron chi connectivity index (χ0n) is 7.44. The Hall–Kier alpha value is -0.330. The maximum absolute atomic E-state index is 10.6. The number of hydrogen-bond donors (Lipinski definition) is 0. The van der Waals surface area contributed by atoms with Crippen LogP contribution in [-0.4, -0.2) is 5.78 Å². The maximum Gasteiger partial charge on any atom is 0.133 e. The Balaban J connectivity index is 1.85. The molecule has 0 spiro atoms. The van der Waals surface area contributed by atoms with Gasteiger partial charge in [0.2, 0.25) is 0 Å². The molecule has 0 heterocycles. The summed E-state index contributed by atoms with van der Waals surface area (Å²) in [7, 11) is 0. The summed E-state index contributed by atoms with van der Waals surface area (Å²) in [5.74, 6) is 1.24. The fourth-order valence-corrected chi connectivity index (χ4v) is 1.65. The molecule has 0 aliphatic heterocycles. The molecule has 0 amide bonds. The summed E-state index contributed by atoms with van der Waals surface area (Å²) in [6, 6.07) is 0. The van der Waals surface area contributed by atoms with E-state index in [1.165, 1.54) is 32.1 Å². The lowest BCUT2D eigenvalue weighted by Crippen LogP contribution is -2.22. The van der Waals surface area contributed by atoms with Crippen molar-refractivity contribution in [1.82, 2.24) is 0 Å². The normalized spacial score (nSPS) is 18.5. The van der Waals surface area contributed by atoms with Gasteiger partial charge in [-0.05, 0) is 12.3 Å². The fraction of sp³-hybridized carbons (Fsp3) is 0.900. The molecule has 0 saturated heterocycles. The summed E-state index contributed by atoms with van der Waals surface area (Å²) in [6.07, 6.45) is 8.43. The van der Waals surface area contributed by atoms with Crippen molar-refractivity contribution < 1.29 is 4.79 Å². The van der Waals surface area contributed by atoms with Crippen LogP contribution in [0.5, 0.6) is 0 Å².